The summed E-state index contributed by atoms with van der Waals surface area (Å²) in [6.07, 6.45) is -1.23. The molecular formula is C19H23F3N4O2S. The number of anilines is 3. The Kier molecular flexibility index (Phi) is 6.02. The highest BCUT2D eigenvalue weighted by Gasteiger charge is 2.36. The fourth-order valence-corrected chi connectivity index (χ4v) is 4.02. The van der Waals surface area contributed by atoms with Crippen LogP contribution in [-0.2, 0) is 16.0 Å². The van der Waals surface area contributed by atoms with E-state index in [0.717, 1.165) is 25.5 Å². The molecule has 3 rings (SSSR count). The van der Waals surface area contributed by atoms with Gasteiger partial charge in [-0.1, -0.05) is 19.1 Å². The van der Waals surface area contributed by atoms with E-state index in [4.69, 9.17) is 0 Å². The molecule has 1 aliphatic carbocycles. The normalized spacial score (nSPS) is 16.2. The van der Waals surface area contributed by atoms with Gasteiger partial charge in [0.25, 0.3) is 0 Å². The van der Waals surface area contributed by atoms with E-state index in [9.17, 15) is 21.6 Å². The van der Waals surface area contributed by atoms with Crippen molar-refractivity contribution in [2.45, 2.75) is 50.6 Å². The van der Waals surface area contributed by atoms with Crippen molar-refractivity contribution in [1.82, 2.24) is 9.97 Å². The maximum Gasteiger partial charge on any atom is 0.421 e. The third-order valence-electron chi connectivity index (χ3n) is 5.09. The number of nitrogens with one attached hydrogen (secondary N) is 2. The number of alkyl halides is 3. The van der Waals surface area contributed by atoms with Crippen molar-refractivity contribution in [2.24, 2.45) is 0 Å². The van der Waals surface area contributed by atoms with Crippen molar-refractivity contribution in [2.75, 3.05) is 16.4 Å². The van der Waals surface area contributed by atoms with Crippen LogP contribution >= 0.6 is 0 Å². The van der Waals surface area contributed by atoms with Crippen LogP contribution in [0.25, 0.3) is 0 Å². The van der Waals surface area contributed by atoms with Crippen LogP contribution in [0.1, 0.15) is 49.5 Å². The van der Waals surface area contributed by atoms with E-state index in [1.54, 1.807) is 38.1 Å². The lowest BCUT2D eigenvalue weighted by molar-refractivity contribution is -0.137. The number of aromatic nitrogens is 2. The minimum atomic E-state index is -4.56. The smallest absolute Gasteiger partial charge is 0.367 e. The first-order valence-electron chi connectivity index (χ1n) is 9.39. The Balaban J connectivity index is 1.86. The van der Waals surface area contributed by atoms with Crippen LogP contribution in [0.4, 0.5) is 30.6 Å². The molecule has 2 N–H and O–H groups in total. The van der Waals surface area contributed by atoms with Crippen molar-refractivity contribution < 1.29 is 21.6 Å². The second kappa shape index (κ2) is 8.17. The van der Waals surface area contributed by atoms with Gasteiger partial charge in [-0.15, -0.1) is 0 Å². The van der Waals surface area contributed by atoms with Gasteiger partial charge in [-0.25, -0.2) is 13.4 Å². The van der Waals surface area contributed by atoms with Crippen molar-refractivity contribution in [3.8, 4) is 0 Å². The lowest BCUT2D eigenvalue weighted by atomic mass is 9.93. The molecule has 29 heavy (non-hydrogen) atoms. The second-order valence-electron chi connectivity index (χ2n) is 7.07. The molecule has 0 saturated heterocycles. The van der Waals surface area contributed by atoms with E-state index in [1.807, 2.05) is 0 Å². The third kappa shape index (κ3) is 4.98. The zero-order valence-electron chi connectivity index (χ0n) is 16.1. The van der Waals surface area contributed by atoms with Crippen molar-refractivity contribution in [3.63, 3.8) is 0 Å². The molecule has 0 radical (unpaired) electrons. The van der Waals surface area contributed by atoms with Gasteiger partial charge in [0.05, 0.1) is 5.25 Å². The minimum Gasteiger partial charge on any atom is -0.367 e. The summed E-state index contributed by atoms with van der Waals surface area (Å²) < 4.78 is 64.1. The summed E-state index contributed by atoms with van der Waals surface area (Å²) >= 11 is 0. The molecule has 1 saturated carbocycles. The standard InChI is InChI=1S/C19H23F3N4O2S/c1-3-29(27,28)12(2)13-6-4-9-15(10-13)25-18-23-11-16(19(20,21)22)17(26-18)24-14-7-5-8-14/h4,6,9-12,14H,3,5,7-8H2,1-2H3,(H2,23,24,25,26). The van der Waals surface area contributed by atoms with Crippen molar-refractivity contribution in [3.05, 3.63) is 41.6 Å². The number of hydrogen-bond donors (Lipinski definition) is 2. The summed E-state index contributed by atoms with van der Waals surface area (Å²) in [6.45, 7) is 3.19. The summed E-state index contributed by atoms with van der Waals surface area (Å²) in [5.74, 6) is -0.231. The molecule has 1 heterocycles. The van der Waals surface area contributed by atoms with E-state index >= 15 is 0 Å². The van der Waals surface area contributed by atoms with Gasteiger partial charge in [0.2, 0.25) is 5.95 Å². The highest BCUT2D eigenvalue weighted by molar-refractivity contribution is 7.91. The fourth-order valence-electron chi connectivity index (χ4n) is 2.96. The van der Waals surface area contributed by atoms with E-state index in [2.05, 4.69) is 20.6 Å². The number of hydrogen-bond acceptors (Lipinski definition) is 6. The number of benzene rings is 1. The molecule has 0 amide bonds. The number of rotatable bonds is 7. The van der Waals surface area contributed by atoms with Crippen LogP contribution in [0.2, 0.25) is 0 Å². The molecule has 1 aromatic carbocycles. The molecule has 10 heteroatoms. The van der Waals surface area contributed by atoms with E-state index in [1.165, 1.54) is 0 Å². The number of nitrogens with zero attached hydrogens (tertiary/aromatic N) is 2. The average molecular weight is 428 g/mol. The molecule has 1 atom stereocenters. The van der Waals surface area contributed by atoms with Gasteiger partial charge in [-0.2, -0.15) is 18.2 Å². The maximum absolute atomic E-state index is 13.3. The second-order valence-corrected chi connectivity index (χ2v) is 9.68. The molecule has 0 bridgehead atoms. The van der Waals surface area contributed by atoms with E-state index in [0.29, 0.717) is 11.3 Å². The van der Waals surface area contributed by atoms with Gasteiger partial charge in [-0.3, -0.25) is 0 Å². The van der Waals surface area contributed by atoms with Crippen LogP contribution in [0.15, 0.2) is 30.5 Å². The molecule has 0 aliphatic heterocycles. The lowest BCUT2D eigenvalue weighted by Gasteiger charge is -2.28. The van der Waals surface area contributed by atoms with Gasteiger partial charge >= 0.3 is 6.18 Å². The molecule has 1 fully saturated rings. The molecule has 0 spiro atoms. The molecule has 2 aromatic rings. The number of halogens is 3. The predicted molar refractivity (Wildman–Crippen MR) is 106 cm³/mol. The number of sulfone groups is 1. The Morgan fingerprint density at radius 3 is 2.59 bits per heavy atom. The lowest BCUT2D eigenvalue weighted by Crippen LogP contribution is -2.29. The zero-order chi connectivity index (χ0) is 21.2. The van der Waals surface area contributed by atoms with Crippen LogP contribution in [-0.4, -0.2) is 30.2 Å². The van der Waals surface area contributed by atoms with Crippen LogP contribution < -0.4 is 10.6 Å². The first kappa shape index (κ1) is 21.4. The Labute approximate surface area is 167 Å². The summed E-state index contributed by atoms with van der Waals surface area (Å²) in [6, 6.07) is 6.66. The Bertz CT molecular complexity index is 976. The molecule has 6 nitrogen and oxygen atoms in total. The largest absolute Gasteiger partial charge is 0.421 e. The third-order valence-corrected chi connectivity index (χ3v) is 7.25. The van der Waals surface area contributed by atoms with E-state index in [-0.39, 0.29) is 23.6 Å². The summed E-state index contributed by atoms with van der Waals surface area (Å²) in [4.78, 5) is 7.82. The van der Waals surface area contributed by atoms with Gasteiger partial charge in [0, 0.05) is 23.7 Å². The van der Waals surface area contributed by atoms with Gasteiger partial charge in [-0.05, 0) is 43.9 Å². The topological polar surface area (TPSA) is 84.0 Å². The van der Waals surface area contributed by atoms with Crippen LogP contribution in [0.3, 0.4) is 0 Å². The summed E-state index contributed by atoms with van der Waals surface area (Å²) in [7, 11) is -3.27. The summed E-state index contributed by atoms with van der Waals surface area (Å²) in [5, 5.41) is 5.02. The Morgan fingerprint density at radius 2 is 2.00 bits per heavy atom. The molecule has 1 aliphatic rings. The molecule has 158 valence electrons. The maximum atomic E-state index is 13.3. The first-order chi connectivity index (χ1) is 13.6. The fraction of sp³-hybridized carbons (Fsp3) is 0.474. The monoisotopic (exact) mass is 428 g/mol. The predicted octanol–water partition coefficient (Wildman–Crippen LogP) is 4.70. The summed E-state index contributed by atoms with van der Waals surface area (Å²) in [5.41, 5.74) is 0.165. The van der Waals surface area contributed by atoms with Crippen molar-refractivity contribution >= 4 is 27.3 Å². The zero-order valence-corrected chi connectivity index (χ0v) is 16.9. The minimum absolute atomic E-state index is 0.00275. The first-order valence-corrected chi connectivity index (χ1v) is 11.1. The van der Waals surface area contributed by atoms with Gasteiger partial charge in [0.15, 0.2) is 9.84 Å². The Hall–Kier alpha value is -2.36. The van der Waals surface area contributed by atoms with Crippen LogP contribution in [0.5, 0.6) is 0 Å². The Morgan fingerprint density at radius 1 is 1.28 bits per heavy atom. The van der Waals surface area contributed by atoms with Crippen molar-refractivity contribution in [1.29, 1.82) is 0 Å². The SMILES string of the molecule is CCS(=O)(=O)C(C)c1cccc(Nc2ncc(C(F)(F)F)c(NC3CCC3)n2)c1. The molecular weight excluding hydrogens is 405 g/mol. The molecule has 1 aromatic heterocycles. The molecule has 1 unspecified atom stereocenters. The quantitative estimate of drug-likeness (QED) is 0.665. The highest BCUT2D eigenvalue weighted by atomic mass is 32.2. The van der Waals surface area contributed by atoms with Gasteiger partial charge in [0.1, 0.15) is 11.4 Å². The van der Waals surface area contributed by atoms with E-state index < -0.39 is 26.8 Å². The average Bonchev–Trinajstić information content (AvgIpc) is 2.63. The van der Waals surface area contributed by atoms with Gasteiger partial charge < -0.3 is 10.6 Å². The van der Waals surface area contributed by atoms with Crippen LogP contribution in [0, 0.1) is 0 Å². The highest BCUT2D eigenvalue weighted by Crippen LogP contribution is 2.36.